The number of β-amino-alcohol motifs (C(OH)–C–C–N with tert-alkyl or cyclic N) is 1. The molecule has 0 aromatic carbocycles. The predicted octanol–water partition coefficient (Wildman–Crippen LogP) is -0.998. The van der Waals surface area contributed by atoms with E-state index in [4.69, 9.17) is 5.11 Å². The normalized spacial score (nSPS) is 28.0. The molecule has 0 spiro atoms. The van der Waals surface area contributed by atoms with Crippen LogP contribution in [0.25, 0.3) is 0 Å². The summed E-state index contributed by atoms with van der Waals surface area (Å²) in [5, 5.41) is 11.5. The van der Waals surface area contributed by atoms with E-state index in [9.17, 15) is 4.79 Å². The van der Waals surface area contributed by atoms with Crippen LogP contribution in [-0.4, -0.2) is 42.3 Å². The molecule has 9 heavy (non-hydrogen) atoms. The van der Waals surface area contributed by atoms with Crippen molar-refractivity contribution in [2.24, 2.45) is 0 Å². The molecule has 1 unspecified atom stereocenters. The molecule has 0 bridgehead atoms. The summed E-state index contributed by atoms with van der Waals surface area (Å²) in [5.41, 5.74) is 0. The van der Waals surface area contributed by atoms with E-state index in [1.165, 1.54) is 4.90 Å². The number of hydrogen-bond acceptors (Lipinski definition) is 2. The van der Waals surface area contributed by atoms with Crippen LogP contribution in [0, 0.1) is 0 Å². The highest BCUT2D eigenvalue weighted by Crippen LogP contribution is 1.94. The molecule has 52 valence electrons. The highest BCUT2D eigenvalue weighted by Gasteiger charge is 2.19. The van der Waals surface area contributed by atoms with Crippen LogP contribution in [0.1, 0.15) is 0 Å². The molecule has 0 aromatic rings. The maximum absolute atomic E-state index is 10.6. The number of carbonyl (C=O) groups excluding carboxylic acids is 1. The Labute approximate surface area is 53.5 Å². The number of rotatable bonds is 0. The zero-order valence-corrected chi connectivity index (χ0v) is 5.29. The lowest BCUT2D eigenvalue weighted by Gasteiger charge is -2.26. The minimum absolute atomic E-state index is 0.111. The Hall–Kier alpha value is -0.770. The Kier molecular flexibility index (Phi) is 1.57. The molecule has 1 heterocycles. The second kappa shape index (κ2) is 2.23. The maximum atomic E-state index is 10.6. The molecule has 4 nitrogen and oxygen atoms in total. The first-order chi connectivity index (χ1) is 4.20. The fourth-order valence-corrected chi connectivity index (χ4v) is 0.804. The van der Waals surface area contributed by atoms with Gasteiger partial charge in [0, 0.05) is 20.1 Å². The molecule has 1 saturated heterocycles. The molecule has 0 radical (unpaired) electrons. The summed E-state index contributed by atoms with van der Waals surface area (Å²) in [4.78, 5) is 12.1. The summed E-state index contributed by atoms with van der Waals surface area (Å²) in [6, 6.07) is -0.111. The number of likely N-dealkylation sites (N-methyl/N-ethyl adjacent to an activating group) is 1. The number of nitrogens with one attached hydrogen (secondary N) is 1. The van der Waals surface area contributed by atoms with Gasteiger partial charge in [-0.2, -0.15) is 0 Å². The molecule has 1 aliphatic rings. The summed E-state index contributed by atoms with van der Waals surface area (Å²) in [5.74, 6) is 0. The van der Waals surface area contributed by atoms with Crippen molar-refractivity contribution in [3.05, 3.63) is 0 Å². The third-order valence-electron chi connectivity index (χ3n) is 1.32. The SMILES string of the molecule is CN1CC(O)CNC1=O. The second-order valence-electron chi connectivity index (χ2n) is 2.22. The Morgan fingerprint density at radius 2 is 2.56 bits per heavy atom. The summed E-state index contributed by atoms with van der Waals surface area (Å²) in [6.45, 7) is 0.814. The van der Waals surface area contributed by atoms with Gasteiger partial charge in [-0.3, -0.25) is 0 Å². The van der Waals surface area contributed by atoms with E-state index in [0.29, 0.717) is 13.1 Å². The first kappa shape index (κ1) is 6.35. The standard InChI is InChI=1S/C5H10N2O2/c1-7-3-4(8)2-6-5(7)9/h4,8H,2-3H2,1H3,(H,6,9). The molecule has 0 aromatic heterocycles. The Balaban J connectivity index is 2.44. The Bertz CT molecular complexity index is 126. The van der Waals surface area contributed by atoms with E-state index in [2.05, 4.69) is 5.32 Å². The van der Waals surface area contributed by atoms with Gasteiger partial charge in [0.15, 0.2) is 0 Å². The number of aliphatic hydroxyl groups excluding tert-OH is 1. The smallest absolute Gasteiger partial charge is 0.317 e. The van der Waals surface area contributed by atoms with Crippen molar-refractivity contribution in [2.75, 3.05) is 20.1 Å². The van der Waals surface area contributed by atoms with Gasteiger partial charge in [0.25, 0.3) is 0 Å². The van der Waals surface area contributed by atoms with Gasteiger partial charge >= 0.3 is 6.03 Å². The number of aliphatic hydroxyl groups is 1. The highest BCUT2D eigenvalue weighted by molar-refractivity contribution is 5.74. The van der Waals surface area contributed by atoms with Crippen molar-refractivity contribution in [1.29, 1.82) is 0 Å². The average molecular weight is 130 g/mol. The van der Waals surface area contributed by atoms with Gasteiger partial charge in [0.1, 0.15) is 0 Å². The summed E-state index contributed by atoms with van der Waals surface area (Å²) in [7, 11) is 1.65. The molecule has 1 rings (SSSR count). The number of hydrogen-bond donors (Lipinski definition) is 2. The number of nitrogens with zero attached hydrogens (tertiary/aromatic N) is 1. The number of amides is 2. The van der Waals surface area contributed by atoms with Crippen LogP contribution in [0.3, 0.4) is 0 Å². The lowest BCUT2D eigenvalue weighted by molar-refractivity contribution is 0.107. The molecule has 2 amide bonds. The van der Waals surface area contributed by atoms with Crippen molar-refractivity contribution >= 4 is 6.03 Å². The quantitative estimate of drug-likeness (QED) is 0.442. The molecular formula is C5H10N2O2. The third kappa shape index (κ3) is 1.32. The molecule has 1 aliphatic heterocycles. The van der Waals surface area contributed by atoms with Gasteiger partial charge in [-0.15, -0.1) is 0 Å². The van der Waals surface area contributed by atoms with E-state index in [1.54, 1.807) is 7.05 Å². The molecular weight excluding hydrogens is 120 g/mol. The summed E-state index contributed by atoms with van der Waals surface area (Å²) in [6.07, 6.45) is -0.410. The van der Waals surface area contributed by atoms with Crippen molar-refractivity contribution in [3.8, 4) is 0 Å². The molecule has 0 aliphatic carbocycles. The number of urea groups is 1. The Morgan fingerprint density at radius 1 is 1.89 bits per heavy atom. The van der Waals surface area contributed by atoms with Crippen molar-refractivity contribution in [3.63, 3.8) is 0 Å². The van der Waals surface area contributed by atoms with Gasteiger partial charge in [-0.25, -0.2) is 4.79 Å². The maximum Gasteiger partial charge on any atom is 0.317 e. The first-order valence-electron chi connectivity index (χ1n) is 2.87. The average Bonchev–Trinajstić information content (AvgIpc) is 1.80. The van der Waals surface area contributed by atoms with Crippen molar-refractivity contribution in [1.82, 2.24) is 10.2 Å². The molecule has 1 fully saturated rings. The van der Waals surface area contributed by atoms with E-state index in [0.717, 1.165) is 0 Å². The van der Waals surface area contributed by atoms with Gasteiger partial charge in [0.05, 0.1) is 6.10 Å². The van der Waals surface area contributed by atoms with Gasteiger partial charge in [-0.05, 0) is 0 Å². The van der Waals surface area contributed by atoms with E-state index in [1.807, 2.05) is 0 Å². The van der Waals surface area contributed by atoms with Crippen LogP contribution in [0.15, 0.2) is 0 Å². The van der Waals surface area contributed by atoms with E-state index in [-0.39, 0.29) is 6.03 Å². The lowest BCUT2D eigenvalue weighted by Crippen LogP contribution is -2.51. The van der Waals surface area contributed by atoms with Gasteiger partial charge in [0.2, 0.25) is 0 Å². The minimum atomic E-state index is -0.410. The summed E-state index contributed by atoms with van der Waals surface area (Å²) >= 11 is 0. The topological polar surface area (TPSA) is 52.6 Å². The van der Waals surface area contributed by atoms with Crippen LogP contribution >= 0.6 is 0 Å². The minimum Gasteiger partial charge on any atom is -0.389 e. The molecule has 2 N–H and O–H groups in total. The summed E-state index contributed by atoms with van der Waals surface area (Å²) < 4.78 is 0. The first-order valence-corrected chi connectivity index (χ1v) is 2.87. The monoisotopic (exact) mass is 130 g/mol. The predicted molar refractivity (Wildman–Crippen MR) is 32.0 cm³/mol. The van der Waals surface area contributed by atoms with E-state index >= 15 is 0 Å². The van der Waals surface area contributed by atoms with Crippen molar-refractivity contribution in [2.45, 2.75) is 6.10 Å². The van der Waals surface area contributed by atoms with Gasteiger partial charge < -0.3 is 15.3 Å². The second-order valence-corrected chi connectivity index (χ2v) is 2.22. The Morgan fingerprint density at radius 3 is 3.00 bits per heavy atom. The van der Waals surface area contributed by atoms with Crippen LogP contribution in [-0.2, 0) is 0 Å². The zero-order valence-electron chi connectivity index (χ0n) is 5.29. The molecule has 1 atom stereocenters. The van der Waals surface area contributed by atoms with Crippen LogP contribution < -0.4 is 5.32 Å². The van der Waals surface area contributed by atoms with Crippen LogP contribution in [0.4, 0.5) is 4.79 Å². The third-order valence-corrected chi connectivity index (χ3v) is 1.32. The highest BCUT2D eigenvalue weighted by atomic mass is 16.3. The van der Waals surface area contributed by atoms with Gasteiger partial charge in [-0.1, -0.05) is 0 Å². The number of carbonyl (C=O) groups is 1. The molecule has 4 heteroatoms. The van der Waals surface area contributed by atoms with E-state index < -0.39 is 6.10 Å². The lowest BCUT2D eigenvalue weighted by atomic mass is 10.3. The van der Waals surface area contributed by atoms with Crippen LogP contribution in [0.5, 0.6) is 0 Å². The fourth-order valence-electron chi connectivity index (χ4n) is 0.804. The van der Waals surface area contributed by atoms with Crippen LogP contribution in [0.2, 0.25) is 0 Å². The largest absolute Gasteiger partial charge is 0.389 e. The zero-order chi connectivity index (χ0) is 6.85. The fraction of sp³-hybridized carbons (Fsp3) is 0.800. The van der Waals surface area contributed by atoms with Crippen molar-refractivity contribution < 1.29 is 9.90 Å². The molecule has 0 saturated carbocycles.